The minimum absolute atomic E-state index is 0. The molecule has 2 aromatic carbocycles. The molecule has 9 heteroatoms. The van der Waals surface area contributed by atoms with Crippen molar-refractivity contribution in [2.75, 3.05) is 0 Å². The van der Waals surface area contributed by atoms with E-state index in [1.54, 1.807) is 24.5 Å². The molecule has 0 bridgehead atoms. The summed E-state index contributed by atoms with van der Waals surface area (Å²) in [6.45, 7) is 0. The van der Waals surface area contributed by atoms with Gasteiger partial charge in [-0.1, -0.05) is 48.5 Å². The van der Waals surface area contributed by atoms with Crippen LogP contribution in [0.3, 0.4) is 0 Å². The first-order valence-corrected chi connectivity index (χ1v) is 10.2. The molecule has 0 saturated heterocycles. The van der Waals surface area contributed by atoms with E-state index in [2.05, 4.69) is 19.9 Å². The zero-order chi connectivity index (χ0) is 23.7. The Morgan fingerprint density at radius 1 is 0.514 bits per heavy atom. The van der Waals surface area contributed by atoms with Gasteiger partial charge in [0.15, 0.2) is 0 Å². The second kappa shape index (κ2) is 9.80. The minimum Gasteiger partial charge on any atom is -0.543 e. The van der Waals surface area contributed by atoms with Crippen LogP contribution in [0.15, 0.2) is 85.2 Å². The fourth-order valence-corrected chi connectivity index (χ4v) is 3.67. The van der Waals surface area contributed by atoms with E-state index in [0.29, 0.717) is 22.1 Å². The molecule has 4 heterocycles. The minimum atomic E-state index is -1.28. The summed E-state index contributed by atoms with van der Waals surface area (Å²) in [5.74, 6) is -2.56. The van der Waals surface area contributed by atoms with E-state index in [9.17, 15) is 19.8 Å². The Balaban J connectivity index is 0.000000160. The normalized spacial score (nSPS) is 10.5. The van der Waals surface area contributed by atoms with Crippen LogP contribution in [0.25, 0.3) is 43.6 Å². The molecule has 0 amide bonds. The molecule has 0 spiro atoms. The van der Waals surface area contributed by atoms with Gasteiger partial charge in [-0.15, -0.1) is 0 Å². The van der Waals surface area contributed by atoms with Crippen molar-refractivity contribution in [3.8, 4) is 0 Å². The maximum Gasteiger partial charge on any atom is 2.00 e. The van der Waals surface area contributed by atoms with Crippen LogP contribution in [-0.4, -0.2) is 31.9 Å². The van der Waals surface area contributed by atoms with Crippen molar-refractivity contribution in [3.63, 3.8) is 0 Å². The van der Waals surface area contributed by atoms with Gasteiger partial charge in [0.05, 0.1) is 45.4 Å². The van der Waals surface area contributed by atoms with Gasteiger partial charge in [0.1, 0.15) is 0 Å². The molecule has 0 aliphatic carbocycles. The molecule has 6 aromatic rings. The van der Waals surface area contributed by atoms with Gasteiger partial charge in [-0.3, -0.25) is 9.97 Å². The van der Waals surface area contributed by atoms with Crippen LogP contribution >= 0.6 is 0 Å². The molecule has 35 heavy (non-hydrogen) atoms. The number of hydrogen-bond donors (Lipinski definition) is 0. The molecular weight excluding hydrogens is 496 g/mol. The molecule has 8 nitrogen and oxygen atoms in total. The Morgan fingerprint density at radius 3 is 1.23 bits per heavy atom. The number of carbonyl (C=O) groups excluding carboxylic acids is 2. The van der Waals surface area contributed by atoms with Gasteiger partial charge in [0, 0.05) is 33.9 Å². The van der Waals surface area contributed by atoms with Gasteiger partial charge in [-0.2, -0.15) is 0 Å². The van der Waals surface area contributed by atoms with Gasteiger partial charge in [-0.05, 0) is 24.3 Å². The van der Waals surface area contributed by atoms with E-state index in [0.717, 1.165) is 21.5 Å². The van der Waals surface area contributed by atoms with E-state index < -0.39 is 11.9 Å². The summed E-state index contributed by atoms with van der Waals surface area (Å²) in [7, 11) is 0. The molecule has 0 unspecified atom stereocenters. The van der Waals surface area contributed by atoms with Gasteiger partial charge < -0.3 is 19.8 Å². The van der Waals surface area contributed by atoms with Gasteiger partial charge in [-0.25, -0.2) is 9.97 Å². The molecule has 0 aliphatic heterocycles. The van der Waals surface area contributed by atoms with Crippen LogP contribution in [0.4, 0.5) is 0 Å². The molecule has 1 radical (unpaired) electrons. The summed E-state index contributed by atoms with van der Waals surface area (Å²) in [5.41, 5.74) is 2.43. The number of nitrogens with zero attached hydrogens (tertiary/aromatic N) is 4. The standard InChI is InChI=1S/2C13H8N2O2.Cu/c2*16-13(17)10-6-5-9-4-3-8-2-1-7-14-11(8)12(9)15-10;/h2*1-7H,(H,16,17);/q;;+2/p-2. The number of rotatable bonds is 2. The SMILES string of the molecule is O=C([O-])c1ccc2ccc3cccnc3c2n1.O=C([O-])c1ccc2ccc3cccnc3c2n1.[Cu+2]. The van der Waals surface area contributed by atoms with Crippen molar-refractivity contribution in [1.82, 2.24) is 19.9 Å². The van der Waals surface area contributed by atoms with E-state index in [-0.39, 0.29) is 28.5 Å². The molecule has 4 aromatic heterocycles. The summed E-state index contributed by atoms with van der Waals surface area (Å²) in [6, 6.07) is 21.4. The zero-order valence-corrected chi connectivity index (χ0v) is 18.7. The maximum absolute atomic E-state index is 10.8. The Labute approximate surface area is 208 Å². The average molecular weight is 510 g/mol. The van der Waals surface area contributed by atoms with Crippen LogP contribution in [0, 0.1) is 0 Å². The Kier molecular flexibility index (Phi) is 6.64. The third kappa shape index (κ3) is 4.63. The van der Waals surface area contributed by atoms with E-state index >= 15 is 0 Å². The third-order valence-corrected chi connectivity index (χ3v) is 5.28. The number of aromatic carboxylic acids is 2. The summed E-state index contributed by atoms with van der Waals surface area (Å²) in [6.07, 6.45) is 3.32. The monoisotopic (exact) mass is 509 g/mol. The maximum atomic E-state index is 10.8. The molecule has 0 aliphatic rings. The fraction of sp³-hybridized carbons (Fsp3) is 0. The van der Waals surface area contributed by atoms with Crippen molar-refractivity contribution in [1.29, 1.82) is 0 Å². The average Bonchev–Trinajstić information content (AvgIpc) is 2.88. The largest absolute Gasteiger partial charge is 2.00 e. The van der Waals surface area contributed by atoms with Crippen LogP contribution in [0.5, 0.6) is 0 Å². The molecule has 0 saturated carbocycles. The number of hydrogen-bond acceptors (Lipinski definition) is 8. The topological polar surface area (TPSA) is 132 Å². The second-order valence-corrected chi connectivity index (χ2v) is 7.39. The van der Waals surface area contributed by atoms with Crippen LogP contribution in [0.1, 0.15) is 21.0 Å². The number of carboxylic acids is 2. The summed E-state index contributed by atoms with van der Waals surface area (Å²) < 4.78 is 0. The van der Waals surface area contributed by atoms with Crippen LogP contribution < -0.4 is 10.2 Å². The Hall–Kier alpha value is -4.46. The first kappa shape index (κ1) is 23.7. The third-order valence-electron chi connectivity index (χ3n) is 5.28. The molecule has 0 atom stereocenters. The Bertz CT molecular complexity index is 1610. The number of aromatic nitrogens is 4. The molecule has 0 fully saturated rings. The van der Waals surface area contributed by atoms with Crippen molar-refractivity contribution in [2.45, 2.75) is 0 Å². The number of pyridine rings is 4. The number of carbonyl (C=O) groups is 2. The number of fused-ring (bicyclic) bond motifs is 6. The molecular formula is C26H14CuN4O4. The summed E-state index contributed by atoms with van der Waals surface area (Å²) in [4.78, 5) is 38.2. The summed E-state index contributed by atoms with van der Waals surface area (Å²) in [5, 5.41) is 25.2. The van der Waals surface area contributed by atoms with Crippen molar-refractivity contribution >= 4 is 55.6 Å². The van der Waals surface area contributed by atoms with E-state index in [4.69, 9.17) is 0 Å². The van der Waals surface area contributed by atoms with Crippen molar-refractivity contribution < 1.29 is 36.9 Å². The number of carboxylic acid groups (broad SMARTS) is 2. The first-order chi connectivity index (χ1) is 16.5. The smallest absolute Gasteiger partial charge is 0.543 e. The predicted octanol–water partition coefficient (Wildman–Crippen LogP) is 2.29. The van der Waals surface area contributed by atoms with E-state index in [1.165, 1.54) is 12.1 Å². The van der Waals surface area contributed by atoms with Gasteiger partial charge >= 0.3 is 17.1 Å². The molecule has 0 N–H and O–H groups in total. The van der Waals surface area contributed by atoms with Crippen LogP contribution in [0.2, 0.25) is 0 Å². The molecule has 6 rings (SSSR count). The second-order valence-electron chi connectivity index (χ2n) is 7.39. The quantitative estimate of drug-likeness (QED) is 0.256. The fourth-order valence-electron chi connectivity index (χ4n) is 3.67. The van der Waals surface area contributed by atoms with Gasteiger partial charge in [0.25, 0.3) is 0 Å². The Morgan fingerprint density at radius 2 is 0.857 bits per heavy atom. The zero-order valence-electron chi connectivity index (χ0n) is 17.8. The number of benzene rings is 2. The van der Waals surface area contributed by atoms with Crippen molar-refractivity contribution in [2.24, 2.45) is 0 Å². The van der Waals surface area contributed by atoms with Gasteiger partial charge in [0.2, 0.25) is 0 Å². The van der Waals surface area contributed by atoms with E-state index in [1.807, 2.05) is 48.5 Å². The predicted molar refractivity (Wildman–Crippen MR) is 123 cm³/mol. The van der Waals surface area contributed by atoms with Crippen LogP contribution in [-0.2, 0) is 17.1 Å². The first-order valence-electron chi connectivity index (χ1n) is 10.2. The summed E-state index contributed by atoms with van der Waals surface area (Å²) >= 11 is 0. The van der Waals surface area contributed by atoms with Crippen molar-refractivity contribution in [3.05, 3.63) is 96.6 Å². The molecule has 173 valence electrons.